The van der Waals surface area contributed by atoms with Crippen LogP contribution in [0.25, 0.3) is 17.2 Å². The minimum atomic E-state index is 0.486. The normalized spacial score (nSPS) is 16.6. The summed E-state index contributed by atoms with van der Waals surface area (Å²) in [6.07, 6.45) is 9.86. The van der Waals surface area contributed by atoms with Crippen LogP contribution < -0.4 is 0 Å². The number of nitrogens with zero attached hydrogens (tertiary/aromatic N) is 6. The molecule has 0 amide bonds. The van der Waals surface area contributed by atoms with Gasteiger partial charge in [-0.05, 0) is 25.0 Å². The number of aromatic nitrogens is 6. The topological polar surface area (TPSA) is 60.9 Å². The quantitative estimate of drug-likeness (QED) is 0.724. The molecule has 0 N–H and O–H groups in total. The summed E-state index contributed by atoms with van der Waals surface area (Å²) < 4.78 is 3.69. The standard InChI is InChI=1S/C15H18N6/c1-20-12(8-10-17-20)13-7-9-16-15-18-14(19-21(13)15)11-5-3-2-4-6-11/h7-11H,2-6H2,1H3. The molecule has 0 aliphatic heterocycles. The molecular formula is C15H18N6. The molecule has 108 valence electrons. The van der Waals surface area contributed by atoms with Crippen LogP contribution in [0.5, 0.6) is 0 Å². The summed E-state index contributed by atoms with van der Waals surface area (Å²) in [5.74, 6) is 2.10. The number of fused-ring (bicyclic) bond motifs is 1. The molecule has 0 spiro atoms. The zero-order valence-electron chi connectivity index (χ0n) is 12.1. The van der Waals surface area contributed by atoms with Gasteiger partial charge in [-0.2, -0.15) is 14.6 Å². The number of hydrogen-bond acceptors (Lipinski definition) is 4. The average molecular weight is 282 g/mol. The van der Waals surface area contributed by atoms with Gasteiger partial charge in [-0.3, -0.25) is 4.68 Å². The molecule has 1 fully saturated rings. The van der Waals surface area contributed by atoms with E-state index in [0.717, 1.165) is 17.2 Å². The summed E-state index contributed by atoms with van der Waals surface area (Å²) in [6.45, 7) is 0. The summed E-state index contributed by atoms with van der Waals surface area (Å²) in [7, 11) is 1.93. The molecule has 3 aromatic rings. The summed E-state index contributed by atoms with van der Waals surface area (Å²) in [6, 6.07) is 3.94. The Kier molecular flexibility index (Phi) is 2.94. The third-order valence-corrected chi connectivity index (χ3v) is 4.31. The van der Waals surface area contributed by atoms with E-state index >= 15 is 0 Å². The lowest BCUT2D eigenvalue weighted by molar-refractivity contribution is 0.429. The fourth-order valence-electron chi connectivity index (χ4n) is 3.16. The molecule has 0 radical (unpaired) electrons. The van der Waals surface area contributed by atoms with E-state index in [0.29, 0.717) is 11.7 Å². The van der Waals surface area contributed by atoms with Crippen LogP contribution in [0.1, 0.15) is 43.8 Å². The van der Waals surface area contributed by atoms with Gasteiger partial charge in [-0.1, -0.05) is 19.3 Å². The highest BCUT2D eigenvalue weighted by Gasteiger charge is 2.21. The van der Waals surface area contributed by atoms with Gasteiger partial charge in [0.1, 0.15) is 0 Å². The first-order chi connectivity index (χ1) is 10.3. The van der Waals surface area contributed by atoms with Gasteiger partial charge in [-0.15, -0.1) is 5.10 Å². The molecule has 1 aliphatic carbocycles. The summed E-state index contributed by atoms with van der Waals surface area (Å²) in [5.41, 5.74) is 2.00. The maximum absolute atomic E-state index is 4.74. The Balaban J connectivity index is 1.82. The highest BCUT2D eigenvalue weighted by atomic mass is 15.3. The van der Waals surface area contributed by atoms with Crippen LogP contribution in [0.4, 0.5) is 0 Å². The van der Waals surface area contributed by atoms with Crippen LogP contribution in [0.2, 0.25) is 0 Å². The van der Waals surface area contributed by atoms with E-state index in [2.05, 4.69) is 15.1 Å². The van der Waals surface area contributed by atoms with Crippen molar-refractivity contribution in [2.75, 3.05) is 0 Å². The van der Waals surface area contributed by atoms with Gasteiger partial charge in [0.15, 0.2) is 5.82 Å². The van der Waals surface area contributed by atoms with E-state index in [9.17, 15) is 0 Å². The van der Waals surface area contributed by atoms with Crippen LogP contribution in [0, 0.1) is 0 Å². The second-order valence-electron chi connectivity index (χ2n) is 5.69. The minimum Gasteiger partial charge on any atom is -0.266 e. The summed E-state index contributed by atoms with van der Waals surface area (Å²) in [4.78, 5) is 9.00. The highest BCUT2D eigenvalue weighted by molar-refractivity contribution is 5.56. The number of aryl methyl sites for hydroxylation is 1. The number of rotatable bonds is 2. The summed E-state index contributed by atoms with van der Waals surface area (Å²) in [5, 5.41) is 8.97. The first-order valence-corrected chi connectivity index (χ1v) is 7.53. The highest BCUT2D eigenvalue weighted by Crippen LogP contribution is 2.31. The van der Waals surface area contributed by atoms with Crippen LogP contribution >= 0.6 is 0 Å². The minimum absolute atomic E-state index is 0.486. The van der Waals surface area contributed by atoms with E-state index in [4.69, 9.17) is 5.10 Å². The first kappa shape index (κ1) is 12.5. The molecule has 4 rings (SSSR count). The Morgan fingerprint density at radius 3 is 2.62 bits per heavy atom. The van der Waals surface area contributed by atoms with Gasteiger partial charge >= 0.3 is 0 Å². The van der Waals surface area contributed by atoms with E-state index < -0.39 is 0 Å². The van der Waals surface area contributed by atoms with Crippen molar-refractivity contribution in [1.29, 1.82) is 0 Å². The molecule has 21 heavy (non-hydrogen) atoms. The largest absolute Gasteiger partial charge is 0.266 e. The fourth-order valence-corrected chi connectivity index (χ4v) is 3.16. The van der Waals surface area contributed by atoms with Crippen molar-refractivity contribution in [3.8, 4) is 11.4 Å². The van der Waals surface area contributed by atoms with Crippen molar-refractivity contribution in [2.24, 2.45) is 7.05 Å². The maximum atomic E-state index is 4.74. The lowest BCUT2D eigenvalue weighted by atomic mass is 9.89. The van der Waals surface area contributed by atoms with Crippen LogP contribution in [0.3, 0.4) is 0 Å². The van der Waals surface area contributed by atoms with Crippen molar-refractivity contribution in [3.05, 3.63) is 30.4 Å². The molecule has 3 heterocycles. The Hall–Kier alpha value is -2.24. The monoisotopic (exact) mass is 282 g/mol. The SMILES string of the molecule is Cn1nccc1-c1ccnc2nc(C3CCCCC3)nn12. The third-order valence-electron chi connectivity index (χ3n) is 4.31. The van der Waals surface area contributed by atoms with Gasteiger partial charge in [0.2, 0.25) is 0 Å². The Labute approximate surface area is 122 Å². The molecule has 6 heteroatoms. The zero-order valence-corrected chi connectivity index (χ0v) is 12.1. The molecule has 3 aromatic heterocycles. The molecule has 0 unspecified atom stereocenters. The van der Waals surface area contributed by atoms with Gasteiger partial charge < -0.3 is 0 Å². The van der Waals surface area contributed by atoms with Crippen LogP contribution in [0.15, 0.2) is 24.5 Å². The molecule has 1 aliphatic rings. The Morgan fingerprint density at radius 2 is 1.86 bits per heavy atom. The van der Waals surface area contributed by atoms with E-state index in [1.165, 1.54) is 32.1 Å². The lowest BCUT2D eigenvalue weighted by Crippen LogP contribution is -2.06. The van der Waals surface area contributed by atoms with Crippen LogP contribution in [-0.4, -0.2) is 29.4 Å². The Bertz CT molecular complexity index is 765. The fraction of sp³-hybridized carbons (Fsp3) is 0.467. The summed E-state index contributed by atoms with van der Waals surface area (Å²) >= 11 is 0. The predicted molar refractivity (Wildman–Crippen MR) is 78.8 cm³/mol. The molecule has 1 saturated carbocycles. The molecular weight excluding hydrogens is 264 g/mol. The van der Waals surface area contributed by atoms with Crippen molar-refractivity contribution >= 4 is 5.78 Å². The van der Waals surface area contributed by atoms with E-state index in [-0.39, 0.29) is 0 Å². The molecule has 0 aromatic carbocycles. The van der Waals surface area contributed by atoms with Gasteiger partial charge in [0.25, 0.3) is 5.78 Å². The second-order valence-corrected chi connectivity index (χ2v) is 5.69. The van der Waals surface area contributed by atoms with Crippen LogP contribution in [-0.2, 0) is 7.05 Å². The maximum Gasteiger partial charge on any atom is 0.253 e. The number of hydrogen-bond donors (Lipinski definition) is 0. The third kappa shape index (κ3) is 2.11. The average Bonchev–Trinajstić information content (AvgIpc) is 3.14. The van der Waals surface area contributed by atoms with Gasteiger partial charge in [0.05, 0.1) is 11.4 Å². The Morgan fingerprint density at radius 1 is 1.05 bits per heavy atom. The van der Waals surface area contributed by atoms with Crippen molar-refractivity contribution in [1.82, 2.24) is 29.4 Å². The van der Waals surface area contributed by atoms with Gasteiger partial charge in [0, 0.05) is 25.4 Å². The zero-order chi connectivity index (χ0) is 14.2. The van der Waals surface area contributed by atoms with E-state index in [1.807, 2.05) is 28.4 Å². The molecule has 0 atom stereocenters. The smallest absolute Gasteiger partial charge is 0.253 e. The van der Waals surface area contributed by atoms with Crippen molar-refractivity contribution < 1.29 is 0 Å². The van der Waals surface area contributed by atoms with Crippen molar-refractivity contribution in [3.63, 3.8) is 0 Å². The first-order valence-electron chi connectivity index (χ1n) is 7.53. The van der Waals surface area contributed by atoms with Crippen molar-refractivity contribution in [2.45, 2.75) is 38.0 Å². The predicted octanol–water partition coefficient (Wildman–Crippen LogP) is 2.57. The lowest BCUT2D eigenvalue weighted by Gasteiger charge is -2.17. The van der Waals surface area contributed by atoms with E-state index in [1.54, 1.807) is 12.4 Å². The van der Waals surface area contributed by atoms with Gasteiger partial charge in [-0.25, -0.2) is 4.98 Å². The molecule has 0 saturated heterocycles. The molecule has 6 nitrogen and oxygen atoms in total. The molecule has 0 bridgehead atoms. The second kappa shape index (κ2) is 4.95.